The van der Waals surface area contributed by atoms with Crippen molar-refractivity contribution < 1.29 is 29.9 Å². The van der Waals surface area contributed by atoms with E-state index in [4.69, 9.17) is 14.6 Å². The maximum absolute atomic E-state index is 10.1. The minimum Gasteiger partial charge on any atom is -0.465 e. The third kappa shape index (κ3) is 3.28. The molecule has 1 aliphatic rings. The zero-order valence-electron chi connectivity index (χ0n) is 11.0. The second kappa shape index (κ2) is 7.01. The van der Waals surface area contributed by atoms with Gasteiger partial charge in [0.1, 0.15) is 18.0 Å². The molecular formula is C14H20O6. The zero-order valence-corrected chi connectivity index (χ0v) is 11.0. The largest absolute Gasteiger partial charge is 0.465 e. The lowest BCUT2D eigenvalue weighted by molar-refractivity contribution is -0.262. The van der Waals surface area contributed by atoms with Gasteiger partial charge in [-0.1, -0.05) is 18.2 Å². The van der Waals surface area contributed by atoms with Gasteiger partial charge in [0.05, 0.1) is 18.6 Å². The van der Waals surface area contributed by atoms with E-state index in [2.05, 4.69) is 0 Å². The van der Waals surface area contributed by atoms with Gasteiger partial charge in [-0.05, 0) is 18.6 Å². The lowest BCUT2D eigenvalue weighted by atomic mass is 9.88. The molecular weight excluding hydrogens is 264 g/mol. The summed E-state index contributed by atoms with van der Waals surface area (Å²) < 4.78 is 11.1. The predicted octanol–water partition coefficient (Wildman–Crippen LogP) is -0.497. The minimum absolute atomic E-state index is 0.156. The van der Waals surface area contributed by atoms with Crippen molar-refractivity contribution in [1.82, 2.24) is 0 Å². The monoisotopic (exact) mass is 284 g/mol. The highest BCUT2D eigenvalue weighted by Crippen LogP contribution is 2.30. The Balaban J connectivity index is 2.13. The van der Waals surface area contributed by atoms with Crippen molar-refractivity contribution in [2.45, 2.75) is 31.0 Å². The third-order valence-electron chi connectivity index (χ3n) is 3.47. The molecule has 1 saturated heterocycles. The molecule has 1 aliphatic heterocycles. The third-order valence-corrected chi connectivity index (χ3v) is 3.47. The Morgan fingerprint density at radius 1 is 1.05 bits per heavy atom. The van der Waals surface area contributed by atoms with Gasteiger partial charge < -0.3 is 29.9 Å². The van der Waals surface area contributed by atoms with Gasteiger partial charge in [-0.3, -0.25) is 0 Å². The van der Waals surface area contributed by atoms with Crippen molar-refractivity contribution in [3.05, 3.63) is 30.3 Å². The summed E-state index contributed by atoms with van der Waals surface area (Å²) >= 11 is 0. The molecule has 1 heterocycles. The molecule has 1 aromatic carbocycles. The van der Waals surface area contributed by atoms with E-state index in [-0.39, 0.29) is 13.0 Å². The molecule has 5 atom stereocenters. The molecule has 4 N–H and O–H groups in total. The normalized spacial score (nSPS) is 33.9. The van der Waals surface area contributed by atoms with Gasteiger partial charge in [-0.25, -0.2) is 0 Å². The number of ether oxygens (including phenoxy) is 2. The molecule has 20 heavy (non-hydrogen) atoms. The summed E-state index contributed by atoms with van der Waals surface area (Å²) in [6, 6.07) is 8.92. The van der Waals surface area contributed by atoms with Crippen LogP contribution in [-0.2, 0) is 4.74 Å². The maximum atomic E-state index is 10.1. The van der Waals surface area contributed by atoms with E-state index in [0.717, 1.165) is 0 Å². The molecule has 0 saturated carbocycles. The van der Waals surface area contributed by atoms with Crippen LogP contribution < -0.4 is 4.74 Å². The molecule has 6 heteroatoms. The number of benzene rings is 1. The summed E-state index contributed by atoms with van der Waals surface area (Å²) in [6.45, 7) is -0.574. The summed E-state index contributed by atoms with van der Waals surface area (Å²) in [5, 5.41) is 38.2. The first-order chi connectivity index (χ1) is 9.67. The molecule has 112 valence electrons. The Labute approximate surface area is 117 Å². The number of rotatable bonds is 5. The van der Waals surface area contributed by atoms with Crippen LogP contribution in [0.3, 0.4) is 0 Å². The highest BCUT2D eigenvalue weighted by molar-refractivity contribution is 5.21. The molecule has 0 aliphatic carbocycles. The van der Waals surface area contributed by atoms with Crippen LogP contribution >= 0.6 is 0 Å². The van der Waals surface area contributed by atoms with Gasteiger partial charge in [0, 0.05) is 6.61 Å². The van der Waals surface area contributed by atoms with Crippen LogP contribution in [0.5, 0.6) is 5.75 Å². The first kappa shape index (κ1) is 15.2. The highest BCUT2D eigenvalue weighted by Gasteiger charge is 2.45. The molecule has 0 bridgehead atoms. The van der Waals surface area contributed by atoms with E-state index < -0.39 is 37.1 Å². The van der Waals surface area contributed by atoms with Crippen LogP contribution in [0.15, 0.2) is 30.3 Å². The SMILES string of the molecule is OCC[C@@H]1[C@@H](Oc2ccccc2)O[C@H](CO)[C@H](O)[C@@H]1O. The fourth-order valence-corrected chi connectivity index (χ4v) is 2.34. The van der Waals surface area contributed by atoms with E-state index in [1.54, 1.807) is 24.3 Å². The maximum Gasteiger partial charge on any atom is 0.205 e. The topological polar surface area (TPSA) is 99.4 Å². The van der Waals surface area contributed by atoms with Gasteiger partial charge in [0.2, 0.25) is 6.29 Å². The number of hydrogen-bond donors (Lipinski definition) is 4. The Morgan fingerprint density at radius 3 is 2.35 bits per heavy atom. The van der Waals surface area contributed by atoms with Crippen LogP contribution in [0, 0.1) is 5.92 Å². The Morgan fingerprint density at radius 2 is 1.75 bits per heavy atom. The summed E-state index contributed by atoms with van der Waals surface area (Å²) in [5.74, 6) is -0.0151. The van der Waals surface area contributed by atoms with Gasteiger partial charge >= 0.3 is 0 Å². The van der Waals surface area contributed by atoms with Crippen molar-refractivity contribution in [3.63, 3.8) is 0 Å². The number of hydrogen-bond acceptors (Lipinski definition) is 6. The van der Waals surface area contributed by atoms with Crippen LogP contribution in [0.2, 0.25) is 0 Å². The predicted molar refractivity (Wildman–Crippen MR) is 70.0 cm³/mol. The Kier molecular flexibility index (Phi) is 5.33. The molecule has 0 amide bonds. The van der Waals surface area contributed by atoms with E-state index in [1.165, 1.54) is 0 Å². The Bertz CT molecular complexity index is 398. The first-order valence-corrected chi connectivity index (χ1v) is 6.62. The lowest BCUT2D eigenvalue weighted by Crippen LogP contribution is -2.57. The summed E-state index contributed by atoms with van der Waals surface area (Å²) in [4.78, 5) is 0. The van der Waals surface area contributed by atoms with Crippen molar-refractivity contribution in [3.8, 4) is 5.75 Å². The van der Waals surface area contributed by atoms with Crippen molar-refractivity contribution in [2.24, 2.45) is 5.92 Å². The second-order valence-corrected chi connectivity index (χ2v) is 4.81. The lowest BCUT2D eigenvalue weighted by Gasteiger charge is -2.41. The average molecular weight is 284 g/mol. The minimum atomic E-state index is -1.20. The summed E-state index contributed by atoms with van der Waals surface area (Å²) in [7, 11) is 0. The standard InChI is InChI=1S/C14H20O6/c15-7-6-10-12(17)13(18)11(8-16)20-14(10)19-9-4-2-1-3-5-9/h1-5,10-18H,6-8H2/t10-,11+,12+,13-,14-/m0/s1. The fraction of sp³-hybridized carbons (Fsp3) is 0.571. The van der Waals surface area contributed by atoms with Gasteiger partial charge in [-0.2, -0.15) is 0 Å². The highest BCUT2D eigenvalue weighted by atomic mass is 16.7. The van der Waals surface area contributed by atoms with Crippen molar-refractivity contribution in [1.29, 1.82) is 0 Å². The van der Waals surface area contributed by atoms with Crippen LogP contribution in [0.25, 0.3) is 0 Å². The van der Waals surface area contributed by atoms with E-state index in [0.29, 0.717) is 5.75 Å². The van der Waals surface area contributed by atoms with Gasteiger partial charge in [-0.15, -0.1) is 0 Å². The molecule has 2 rings (SSSR count). The van der Waals surface area contributed by atoms with Crippen molar-refractivity contribution >= 4 is 0 Å². The first-order valence-electron chi connectivity index (χ1n) is 6.62. The number of para-hydroxylation sites is 1. The molecule has 6 nitrogen and oxygen atoms in total. The average Bonchev–Trinajstić information content (AvgIpc) is 2.47. The van der Waals surface area contributed by atoms with Gasteiger partial charge in [0.25, 0.3) is 0 Å². The second-order valence-electron chi connectivity index (χ2n) is 4.81. The van der Waals surface area contributed by atoms with E-state index in [9.17, 15) is 15.3 Å². The Hall–Kier alpha value is -1.18. The molecule has 1 aromatic rings. The summed E-state index contributed by atoms with van der Waals surface area (Å²) in [5.41, 5.74) is 0. The molecule has 0 spiro atoms. The van der Waals surface area contributed by atoms with Crippen LogP contribution in [-0.4, -0.2) is 58.2 Å². The molecule has 0 aromatic heterocycles. The van der Waals surface area contributed by atoms with Crippen molar-refractivity contribution in [2.75, 3.05) is 13.2 Å². The number of aliphatic hydroxyl groups excluding tert-OH is 4. The smallest absolute Gasteiger partial charge is 0.205 e. The van der Waals surface area contributed by atoms with Crippen LogP contribution in [0.4, 0.5) is 0 Å². The van der Waals surface area contributed by atoms with Gasteiger partial charge in [0.15, 0.2) is 0 Å². The van der Waals surface area contributed by atoms with E-state index in [1.807, 2.05) is 6.07 Å². The quantitative estimate of drug-likeness (QED) is 0.582. The van der Waals surface area contributed by atoms with Crippen LogP contribution in [0.1, 0.15) is 6.42 Å². The zero-order chi connectivity index (χ0) is 14.5. The fourth-order valence-electron chi connectivity index (χ4n) is 2.34. The van der Waals surface area contributed by atoms with E-state index >= 15 is 0 Å². The molecule has 0 unspecified atom stereocenters. The molecule has 1 fully saturated rings. The number of aliphatic hydroxyl groups is 4. The summed E-state index contributed by atoms with van der Waals surface area (Å²) in [6.07, 6.45) is -3.84. The molecule has 0 radical (unpaired) electrons.